The van der Waals surface area contributed by atoms with Gasteiger partial charge in [0.2, 0.25) is 11.9 Å². The van der Waals surface area contributed by atoms with Crippen LogP contribution in [-0.4, -0.2) is 20.7 Å². The summed E-state index contributed by atoms with van der Waals surface area (Å²) in [6.45, 7) is 1.44. The lowest BCUT2D eigenvalue weighted by Crippen LogP contribution is -2.09. The third-order valence-corrected chi connectivity index (χ3v) is 1.12. The smallest absolute Gasteiger partial charge is 0.225 e. The van der Waals surface area contributed by atoms with Gasteiger partial charge in [-0.25, -0.2) is 0 Å². The molecule has 0 spiro atoms. The molecule has 0 radical (unpaired) electrons. The monoisotopic (exact) mass is 167 g/mol. The molecule has 0 atom stereocenters. The predicted molar refractivity (Wildman–Crippen MR) is 43.0 cm³/mol. The zero-order chi connectivity index (χ0) is 9.14. The number of carbonyl (C=O) groups excluding carboxylic acids is 1. The second-order valence-electron chi connectivity index (χ2n) is 2.35. The van der Waals surface area contributed by atoms with Crippen molar-refractivity contribution in [2.45, 2.75) is 13.3 Å². The molecule has 0 saturated heterocycles. The van der Waals surface area contributed by atoms with Crippen molar-refractivity contribution < 1.29 is 4.79 Å². The fraction of sp³-hybridized carbons (Fsp3) is 0.333. The van der Waals surface area contributed by atoms with E-state index >= 15 is 0 Å². The molecular formula is C6H9N5O. The van der Waals surface area contributed by atoms with Crippen LogP contribution in [0, 0.1) is 0 Å². The van der Waals surface area contributed by atoms with Crippen molar-refractivity contribution in [1.29, 1.82) is 0 Å². The first-order valence-electron chi connectivity index (χ1n) is 3.33. The molecule has 0 fully saturated rings. The molecule has 1 heterocycles. The Balaban J connectivity index is 2.93. The summed E-state index contributed by atoms with van der Waals surface area (Å²) in [6.07, 6.45) is 0.136. The molecule has 0 aromatic carbocycles. The third kappa shape index (κ3) is 2.15. The van der Waals surface area contributed by atoms with E-state index in [0.717, 1.165) is 0 Å². The molecule has 0 amide bonds. The van der Waals surface area contributed by atoms with Gasteiger partial charge in [-0.15, -0.1) is 0 Å². The maximum absolute atomic E-state index is 10.7. The SMILES string of the molecule is CC(=O)Cc1nc(N)nc(N)n1. The van der Waals surface area contributed by atoms with E-state index in [-0.39, 0.29) is 24.1 Å². The number of hydrogen-bond donors (Lipinski definition) is 2. The van der Waals surface area contributed by atoms with E-state index in [1.54, 1.807) is 0 Å². The highest BCUT2D eigenvalue weighted by atomic mass is 16.1. The Kier molecular flexibility index (Phi) is 2.18. The van der Waals surface area contributed by atoms with Crippen molar-refractivity contribution in [1.82, 2.24) is 15.0 Å². The minimum Gasteiger partial charge on any atom is -0.368 e. The van der Waals surface area contributed by atoms with Gasteiger partial charge in [-0.3, -0.25) is 4.79 Å². The summed E-state index contributed by atoms with van der Waals surface area (Å²) in [5.41, 5.74) is 10.6. The second kappa shape index (κ2) is 3.12. The fourth-order valence-electron chi connectivity index (χ4n) is 0.759. The summed E-state index contributed by atoms with van der Waals surface area (Å²) in [4.78, 5) is 21.7. The number of hydrogen-bond acceptors (Lipinski definition) is 6. The molecule has 1 rings (SSSR count). The Morgan fingerprint density at radius 2 is 1.75 bits per heavy atom. The number of Topliss-reactive ketones (excluding diaryl/α,β-unsaturated/α-hetero) is 1. The highest BCUT2D eigenvalue weighted by molar-refractivity contribution is 5.77. The molecule has 64 valence electrons. The van der Waals surface area contributed by atoms with Gasteiger partial charge in [0.15, 0.2) is 0 Å². The lowest BCUT2D eigenvalue weighted by Gasteiger charge is -1.98. The van der Waals surface area contributed by atoms with Crippen LogP contribution in [0.5, 0.6) is 0 Å². The molecule has 0 aliphatic rings. The molecule has 4 N–H and O–H groups in total. The molecule has 0 saturated carbocycles. The normalized spacial score (nSPS) is 9.75. The Labute approximate surface area is 69.0 Å². The maximum atomic E-state index is 10.7. The summed E-state index contributed by atoms with van der Waals surface area (Å²) in [6, 6.07) is 0. The van der Waals surface area contributed by atoms with Crippen LogP contribution in [0.3, 0.4) is 0 Å². The molecule has 6 heteroatoms. The topological polar surface area (TPSA) is 108 Å². The van der Waals surface area contributed by atoms with Gasteiger partial charge in [-0.05, 0) is 6.92 Å². The lowest BCUT2D eigenvalue weighted by atomic mass is 10.3. The van der Waals surface area contributed by atoms with E-state index in [1.807, 2.05) is 0 Å². The van der Waals surface area contributed by atoms with Crippen LogP contribution in [0.1, 0.15) is 12.7 Å². The largest absolute Gasteiger partial charge is 0.368 e. The number of nitrogen functional groups attached to an aromatic ring is 2. The van der Waals surface area contributed by atoms with E-state index < -0.39 is 0 Å². The number of aromatic nitrogens is 3. The first kappa shape index (κ1) is 8.38. The molecule has 0 unspecified atom stereocenters. The summed E-state index contributed by atoms with van der Waals surface area (Å²) in [5, 5.41) is 0. The summed E-state index contributed by atoms with van der Waals surface area (Å²) < 4.78 is 0. The number of rotatable bonds is 2. The Bertz CT molecular complexity index is 291. The van der Waals surface area contributed by atoms with Gasteiger partial charge in [-0.1, -0.05) is 0 Å². The summed E-state index contributed by atoms with van der Waals surface area (Å²) in [5.74, 6) is 0.352. The van der Waals surface area contributed by atoms with Crippen LogP contribution in [0.2, 0.25) is 0 Å². The lowest BCUT2D eigenvalue weighted by molar-refractivity contribution is -0.116. The number of carbonyl (C=O) groups is 1. The Hall–Kier alpha value is -1.72. The zero-order valence-corrected chi connectivity index (χ0v) is 6.61. The van der Waals surface area contributed by atoms with Crippen molar-refractivity contribution in [3.8, 4) is 0 Å². The van der Waals surface area contributed by atoms with Crippen molar-refractivity contribution in [2.75, 3.05) is 11.5 Å². The molecular weight excluding hydrogens is 158 g/mol. The van der Waals surface area contributed by atoms with Gasteiger partial charge in [-0.2, -0.15) is 15.0 Å². The van der Waals surface area contributed by atoms with E-state index in [9.17, 15) is 4.79 Å². The highest BCUT2D eigenvalue weighted by Gasteiger charge is 2.03. The minimum absolute atomic E-state index is 0.0405. The van der Waals surface area contributed by atoms with E-state index in [1.165, 1.54) is 6.92 Å². The molecule has 1 aromatic heterocycles. The van der Waals surface area contributed by atoms with Crippen LogP contribution in [0.25, 0.3) is 0 Å². The minimum atomic E-state index is -0.0417. The number of nitrogens with two attached hydrogens (primary N) is 2. The zero-order valence-electron chi connectivity index (χ0n) is 6.61. The van der Waals surface area contributed by atoms with Crippen LogP contribution in [0.4, 0.5) is 11.9 Å². The first-order valence-corrected chi connectivity index (χ1v) is 3.33. The molecule has 12 heavy (non-hydrogen) atoms. The fourth-order valence-corrected chi connectivity index (χ4v) is 0.759. The van der Waals surface area contributed by atoms with Gasteiger partial charge in [0.25, 0.3) is 0 Å². The first-order chi connectivity index (χ1) is 5.58. The van der Waals surface area contributed by atoms with Crippen molar-refractivity contribution in [2.24, 2.45) is 0 Å². The Morgan fingerprint density at radius 3 is 2.17 bits per heavy atom. The van der Waals surface area contributed by atoms with Crippen LogP contribution < -0.4 is 11.5 Å². The molecule has 6 nitrogen and oxygen atoms in total. The van der Waals surface area contributed by atoms with E-state index in [4.69, 9.17) is 11.5 Å². The van der Waals surface area contributed by atoms with Gasteiger partial charge in [0, 0.05) is 0 Å². The standard InChI is InChI=1S/C6H9N5O/c1-3(12)2-4-9-5(7)11-6(8)10-4/h2H2,1H3,(H4,7,8,9,10,11). The highest BCUT2D eigenvalue weighted by Crippen LogP contribution is 1.99. The van der Waals surface area contributed by atoms with Crippen LogP contribution in [0.15, 0.2) is 0 Å². The summed E-state index contributed by atoms with van der Waals surface area (Å²) in [7, 11) is 0. The van der Waals surface area contributed by atoms with Crippen molar-refractivity contribution in [3.63, 3.8) is 0 Å². The van der Waals surface area contributed by atoms with E-state index in [0.29, 0.717) is 5.82 Å². The second-order valence-corrected chi connectivity index (χ2v) is 2.35. The average molecular weight is 167 g/mol. The Morgan fingerprint density at radius 1 is 1.25 bits per heavy atom. The van der Waals surface area contributed by atoms with Gasteiger partial charge in [0.05, 0.1) is 6.42 Å². The maximum Gasteiger partial charge on any atom is 0.225 e. The van der Waals surface area contributed by atoms with Crippen molar-refractivity contribution in [3.05, 3.63) is 5.82 Å². The molecule has 1 aromatic rings. The van der Waals surface area contributed by atoms with Crippen LogP contribution >= 0.6 is 0 Å². The molecule has 0 aliphatic carbocycles. The van der Waals surface area contributed by atoms with Gasteiger partial charge >= 0.3 is 0 Å². The predicted octanol–water partition coefficient (Wildman–Crippen LogP) is -0.833. The number of nitrogens with zero attached hydrogens (tertiary/aromatic N) is 3. The third-order valence-electron chi connectivity index (χ3n) is 1.12. The quantitative estimate of drug-likeness (QED) is 0.595. The van der Waals surface area contributed by atoms with E-state index in [2.05, 4.69) is 15.0 Å². The molecule has 0 bridgehead atoms. The number of ketones is 1. The molecule has 0 aliphatic heterocycles. The average Bonchev–Trinajstić information content (AvgIpc) is 1.81. The summed E-state index contributed by atoms with van der Waals surface area (Å²) >= 11 is 0. The van der Waals surface area contributed by atoms with Crippen LogP contribution in [-0.2, 0) is 11.2 Å². The number of anilines is 2. The van der Waals surface area contributed by atoms with Gasteiger partial charge < -0.3 is 11.5 Å². The van der Waals surface area contributed by atoms with Crippen molar-refractivity contribution >= 4 is 17.7 Å². The van der Waals surface area contributed by atoms with Gasteiger partial charge in [0.1, 0.15) is 11.6 Å².